The Morgan fingerprint density at radius 3 is 2.70 bits per heavy atom. The zero-order valence-corrected chi connectivity index (χ0v) is 6.93. The lowest BCUT2D eigenvalue weighted by Crippen LogP contribution is -1.92. The summed E-state index contributed by atoms with van der Waals surface area (Å²) in [5, 5.41) is 0. The van der Waals surface area contributed by atoms with Gasteiger partial charge in [0.2, 0.25) is 0 Å². The highest BCUT2D eigenvalue weighted by molar-refractivity contribution is 5.15. The second kappa shape index (κ2) is 6.56. The standard InChI is InChI=1S/C9H17N/c1-3-4-6-9(2)7-5-8-10/h5-7H,3-4,8,10H2,1-2H3/b7-5-,9-6+. The molecular weight excluding hydrogens is 122 g/mol. The van der Waals surface area contributed by atoms with E-state index >= 15 is 0 Å². The van der Waals surface area contributed by atoms with E-state index in [1.54, 1.807) is 0 Å². The minimum absolute atomic E-state index is 0.636. The van der Waals surface area contributed by atoms with E-state index in [-0.39, 0.29) is 0 Å². The van der Waals surface area contributed by atoms with Crippen LogP contribution < -0.4 is 5.73 Å². The van der Waals surface area contributed by atoms with Gasteiger partial charge in [0.05, 0.1) is 0 Å². The van der Waals surface area contributed by atoms with Crippen LogP contribution in [0.3, 0.4) is 0 Å². The molecule has 0 spiro atoms. The van der Waals surface area contributed by atoms with Gasteiger partial charge in [-0.1, -0.05) is 37.1 Å². The summed E-state index contributed by atoms with van der Waals surface area (Å²) >= 11 is 0. The molecule has 0 aromatic rings. The van der Waals surface area contributed by atoms with Gasteiger partial charge in [-0.2, -0.15) is 0 Å². The molecule has 1 heteroatoms. The summed E-state index contributed by atoms with van der Waals surface area (Å²) in [6.07, 6.45) is 8.65. The minimum Gasteiger partial charge on any atom is -0.327 e. The second-order valence-electron chi connectivity index (χ2n) is 2.37. The zero-order valence-electron chi connectivity index (χ0n) is 6.93. The summed E-state index contributed by atoms with van der Waals surface area (Å²) in [6, 6.07) is 0. The van der Waals surface area contributed by atoms with Crippen LogP contribution in [0.5, 0.6) is 0 Å². The van der Waals surface area contributed by atoms with Gasteiger partial charge in [0.25, 0.3) is 0 Å². The maximum Gasteiger partial charge on any atom is 0.0110 e. The van der Waals surface area contributed by atoms with Crippen molar-refractivity contribution in [1.82, 2.24) is 0 Å². The van der Waals surface area contributed by atoms with Crippen molar-refractivity contribution in [3.8, 4) is 0 Å². The van der Waals surface area contributed by atoms with Crippen molar-refractivity contribution >= 4 is 0 Å². The second-order valence-corrected chi connectivity index (χ2v) is 2.37. The Hall–Kier alpha value is -0.560. The van der Waals surface area contributed by atoms with Crippen LogP contribution in [0.25, 0.3) is 0 Å². The lowest BCUT2D eigenvalue weighted by molar-refractivity contribution is 0.952. The van der Waals surface area contributed by atoms with E-state index in [4.69, 9.17) is 5.73 Å². The Morgan fingerprint density at radius 1 is 1.50 bits per heavy atom. The normalized spacial score (nSPS) is 12.9. The van der Waals surface area contributed by atoms with E-state index in [0.29, 0.717) is 6.54 Å². The van der Waals surface area contributed by atoms with Crippen LogP contribution in [0, 0.1) is 0 Å². The topological polar surface area (TPSA) is 26.0 Å². The molecule has 0 unspecified atom stereocenters. The first kappa shape index (κ1) is 9.44. The van der Waals surface area contributed by atoms with Gasteiger partial charge in [-0.25, -0.2) is 0 Å². The van der Waals surface area contributed by atoms with E-state index in [1.165, 1.54) is 18.4 Å². The molecule has 0 rings (SSSR count). The maximum absolute atomic E-state index is 5.29. The number of unbranched alkanes of at least 4 members (excludes halogenated alkanes) is 1. The third-order valence-electron chi connectivity index (χ3n) is 1.27. The molecule has 1 nitrogen and oxygen atoms in total. The first-order chi connectivity index (χ1) is 4.81. The van der Waals surface area contributed by atoms with E-state index < -0.39 is 0 Å². The van der Waals surface area contributed by atoms with Gasteiger partial charge in [-0.05, 0) is 13.3 Å². The quantitative estimate of drug-likeness (QED) is 0.594. The van der Waals surface area contributed by atoms with E-state index in [1.807, 2.05) is 6.08 Å². The smallest absolute Gasteiger partial charge is 0.0110 e. The third-order valence-corrected chi connectivity index (χ3v) is 1.27. The maximum atomic E-state index is 5.29. The molecule has 0 saturated heterocycles. The summed E-state index contributed by atoms with van der Waals surface area (Å²) in [7, 11) is 0. The predicted molar refractivity (Wildman–Crippen MR) is 46.9 cm³/mol. The molecule has 0 heterocycles. The number of allylic oxidation sites excluding steroid dienone is 3. The van der Waals surface area contributed by atoms with E-state index in [0.717, 1.165) is 0 Å². The number of hydrogen-bond acceptors (Lipinski definition) is 1. The van der Waals surface area contributed by atoms with Crippen molar-refractivity contribution in [2.45, 2.75) is 26.7 Å². The molecule has 0 aliphatic rings. The van der Waals surface area contributed by atoms with Gasteiger partial charge < -0.3 is 5.73 Å². The van der Waals surface area contributed by atoms with Crippen LogP contribution in [0.4, 0.5) is 0 Å². The summed E-state index contributed by atoms with van der Waals surface area (Å²) < 4.78 is 0. The SMILES string of the molecule is CCC/C=C(C)/C=C\CN. The average molecular weight is 139 g/mol. The number of hydrogen-bond donors (Lipinski definition) is 1. The highest BCUT2D eigenvalue weighted by Crippen LogP contribution is 1.98. The Morgan fingerprint density at radius 2 is 2.20 bits per heavy atom. The van der Waals surface area contributed by atoms with Crippen molar-refractivity contribution < 1.29 is 0 Å². The highest BCUT2D eigenvalue weighted by atomic mass is 14.5. The summed E-state index contributed by atoms with van der Waals surface area (Å²) in [5.41, 5.74) is 6.60. The van der Waals surface area contributed by atoms with Crippen LogP contribution in [0.1, 0.15) is 26.7 Å². The molecule has 0 aliphatic heterocycles. The largest absolute Gasteiger partial charge is 0.327 e. The summed E-state index contributed by atoms with van der Waals surface area (Å²) in [6.45, 7) is 4.91. The van der Waals surface area contributed by atoms with E-state index in [9.17, 15) is 0 Å². The highest BCUT2D eigenvalue weighted by Gasteiger charge is 1.78. The van der Waals surface area contributed by atoms with Gasteiger partial charge in [0.1, 0.15) is 0 Å². The van der Waals surface area contributed by atoms with Crippen LogP contribution in [-0.2, 0) is 0 Å². The molecule has 2 N–H and O–H groups in total. The van der Waals surface area contributed by atoms with Gasteiger partial charge in [0, 0.05) is 6.54 Å². The van der Waals surface area contributed by atoms with Gasteiger partial charge in [-0.15, -0.1) is 0 Å². The molecule has 0 amide bonds. The minimum atomic E-state index is 0.636. The molecule has 0 fully saturated rings. The zero-order chi connectivity index (χ0) is 7.82. The molecule has 0 saturated carbocycles. The molecule has 0 aromatic heterocycles. The Balaban J connectivity index is 3.59. The van der Waals surface area contributed by atoms with Crippen molar-refractivity contribution in [2.75, 3.05) is 6.54 Å². The monoisotopic (exact) mass is 139 g/mol. The van der Waals surface area contributed by atoms with Gasteiger partial charge in [-0.3, -0.25) is 0 Å². The fourth-order valence-corrected chi connectivity index (χ4v) is 0.694. The molecule has 0 bridgehead atoms. The van der Waals surface area contributed by atoms with Crippen molar-refractivity contribution in [2.24, 2.45) is 5.73 Å². The molecule has 0 atom stereocenters. The molecule has 58 valence electrons. The lowest BCUT2D eigenvalue weighted by atomic mass is 10.2. The fourth-order valence-electron chi connectivity index (χ4n) is 0.694. The van der Waals surface area contributed by atoms with Crippen molar-refractivity contribution in [3.63, 3.8) is 0 Å². The Kier molecular flexibility index (Phi) is 6.19. The number of rotatable bonds is 4. The lowest BCUT2D eigenvalue weighted by Gasteiger charge is -1.89. The first-order valence-corrected chi connectivity index (χ1v) is 3.84. The Labute approximate surface area is 63.6 Å². The average Bonchev–Trinajstić information content (AvgIpc) is 1.97. The van der Waals surface area contributed by atoms with Crippen molar-refractivity contribution in [1.29, 1.82) is 0 Å². The Bertz CT molecular complexity index is 123. The molecule has 0 aromatic carbocycles. The van der Waals surface area contributed by atoms with Crippen LogP contribution in [-0.4, -0.2) is 6.54 Å². The van der Waals surface area contributed by atoms with Crippen molar-refractivity contribution in [3.05, 3.63) is 23.8 Å². The van der Waals surface area contributed by atoms with Crippen LogP contribution in [0.2, 0.25) is 0 Å². The molecule has 0 aliphatic carbocycles. The molecule has 0 radical (unpaired) electrons. The third kappa shape index (κ3) is 5.57. The first-order valence-electron chi connectivity index (χ1n) is 3.84. The van der Waals surface area contributed by atoms with Gasteiger partial charge in [0.15, 0.2) is 0 Å². The van der Waals surface area contributed by atoms with E-state index in [2.05, 4.69) is 26.0 Å². The molecule has 10 heavy (non-hydrogen) atoms. The number of nitrogens with two attached hydrogens (primary N) is 1. The summed E-state index contributed by atoms with van der Waals surface area (Å²) in [4.78, 5) is 0. The van der Waals surface area contributed by atoms with Crippen LogP contribution in [0.15, 0.2) is 23.8 Å². The predicted octanol–water partition coefficient (Wildman–Crippen LogP) is 2.25. The fraction of sp³-hybridized carbons (Fsp3) is 0.556. The van der Waals surface area contributed by atoms with Gasteiger partial charge >= 0.3 is 0 Å². The van der Waals surface area contributed by atoms with Crippen LogP contribution >= 0.6 is 0 Å². The summed E-state index contributed by atoms with van der Waals surface area (Å²) in [5.74, 6) is 0. The molecular formula is C9H17N.